The van der Waals surface area contributed by atoms with Crippen molar-refractivity contribution >= 4 is 40.2 Å². The van der Waals surface area contributed by atoms with Gasteiger partial charge in [0.25, 0.3) is 0 Å². The first-order chi connectivity index (χ1) is 9.28. The van der Waals surface area contributed by atoms with Crippen LogP contribution in [-0.2, 0) is 21.8 Å². The first kappa shape index (κ1) is 17.3. The van der Waals surface area contributed by atoms with E-state index in [1.807, 2.05) is 0 Å². The van der Waals surface area contributed by atoms with E-state index in [2.05, 4.69) is 14.5 Å². The van der Waals surface area contributed by atoms with Crippen LogP contribution in [0.3, 0.4) is 0 Å². The molecule has 0 N–H and O–H groups in total. The van der Waals surface area contributed by atoms with Crippen LogP contribution in [-0.4, -0.2) is 23.9 Å². The summed E-state index contributed by atoms with van der Waals surface area (Å²) in [5.41, 5.74) is -0.0178. The zero-order chi connectivity index (χ0) is 15.3. The number of carbonyl (C=O) groups is 1. The first-order valence-corrected chi connectivity index (χ1v) is 7.03. The minimum Gasteiger partial charge on any atom is -0.466 e. The van der Waals surface area contributed by atoms with Crippen LogP contribution in [0.4, 0.5) is 13.2 Å². The third-order valence-electron chi connectivity index (χ3n) is 2.13. The Balaban J connectivity index is 3.18. The van der Waals surface area contributed by atoms with Crippen molar-refractivity contribution in [1.82, 2.24) is 4.98 Å². The molecule has 1 heterocycles. The molecule has 1 rings (SSSR count). The van der Waals surface area contributed by atoms with Gasteiger partial charge in [0.05, 0.1) is 24.6 Å². The molecule has 0 saturated heterocycles. The van der Waals surface area contributed by atoms with Gasteiger partial charge in [0, 0.05) is 15.3 Å². The topological polar surface area (TPSA) is 48.4 Å². The van der Waals surface area contributed by atoms with Gasteiger partial charge in [-0.05, 0) is 29.5 Å². The van der Waals surface area contributed by atoms with E-state index in [1.54, 1.807) is 29.5 Å². The summed E-state index contributed by atoms with van der Waals surface area (Å²) in [6, 6.07) is 0. The fourth-order valence-electron chi connectivity index (χ4n) is 1.39. The molecule has 0 bridgehead atoms. The lowest BCUT2D eigenvalue weighted by Gasteiger charge is -2.16. The summed E-state index contributed by atoms with van der Waals surface area (Å²) < 4.78 is 46.4. The Labute approximate surface area is 131 Å². The second-order valence-electron chi connectivity index (χ2n) is 3.52. The minimum atomic E-state index is -4.89. The second kappa shape index (κ2) is 7.30. The number of ether oxygens (including phenoxy) is 2. The highest BCUT2D eigenvalue weighted by atomic mass is 127. The molecule has 0 aliphatic heterocycles. The molecule has 112 valence electrons. The largest absolute Gasteiger partial charge is 0.573 e. The average Bonchev–Trinajstić information content (AvgIpc) is 2.31. The summed E-state index contributed by atoms with van der Waals surface area (Å²) >= 11 is 7.43. The molecule has 0 aliphatic carbocycles. The van der Waals surface area contributed by atoms with Crippen LogP contribution in [0.15, 0.2) is 6.20 Å². The Morgan fingerprint density at radius 1 is 1.50 bits per heavy atom. The number of nitrogens with zero attached hydrogens (tertiary/aromatic N) is 1. The molecule has 4 nitrogen and oxygen atoms in total. The standard InChI is InChI=1S/C11H10ClF3INO3/c1-2-19-9(18)3-8-10(20-11(13,14)15)6(4-12)7(16)5-17-8/h5H,2-4H2,1H3. The monoisotopic (exact) mass is 423 g/mol. The van der Waals surface area contributed by atoms with E-state index < -0.39 is 24.5 Å². The Morgan fingerprint density at radius 3 is 2.65 bits per heavy atom. The predicted molar refractivity (Wildman–Crippen MR) is 73.5 cm³/mol. The molecule has 0 aliphatic rings. The molecule has 0 unspecified atom stereocenters. The van der Waals surface area contributed by atoms with E-state index in [9.17, 15) is 18.0 Å². The predicted octanol–water partition coefficient (Wildman–Crippen LogP) is 3.43. The van der Waals surface area contributed by atoms with Crippen LogP contribution in [0, 0.1) is 3.57 Å². The Kier molecular flexibility index (Phi) is 6.31. The van der Waals surface area contributed by atoms with Gasteiger partial charge in [-0.3, -0.25) is 9.78 Å². The highest BCUT2D eigenvalue weighted by molar-refractivity contribution is 14.1. The van der Waals surface area contributed by atoms with Crippen molar-refractivity contribution in [3.05, 3.63) is 21.0 Å². The highest BCUT2D eigenvalue weighted by Crippen LogP contribution is 2.33. The maximum atomic E-state index is 12.4. The molecule has 0 spiro atoms. The summed E-state index contributed by atoms with van der Waals surface area (Å²) in [7, 11) is 0. The van der Waals surface area contributed by atoms with Gasteiger partial charge in [-0.15, -0.1) is 24.8 Å². The van der Waals surface area contributed by atoms with Crippen molar-refractivity contribution in [1.29, 1.82) is 0 Å². The molecule has 0 fully saturated rings. The first-order valence-electron chi connectivity index (χ1n) is 5.42. The quantitative estimate of drug-likeness (QED) is 0.414. The molecular formula is C11H10ClF3INO3. The van der Waals surface area contributed by atoms with Gasteiger partial charge in [0.15, 0.2) is 5.75 Å². The third kappa shape index (κ3) is 4.97. The lowest BCUT2D eigenvalue weighted by Crippen LogP contribution is -2.21. The molecule has 1 aromatic rings. The maximum absolute atomic E-state index is 12.4. The van der Waals surface area contributed by atoms with Crippen LogP contribution in [0.1, 0.15) is 18.2 Å². The van der Waals surface area contributed by atoms with Crippen LogP contribution in [0.5, 0.6) is 5.75 Å². The van der Waals surface area contributed by atoms with Crippen molar-refractivity contribution in [2.24, 2.45) is 0 Å². The molecule has 9 heteroatoms. The van der Waals surface area contributed by atoms with E-state index in [0.29, 0.717) is 3.57 Å². The molecule has 20 heavy (non-hydrogen) atoms. The second-order valence-corrected chi connectivity index (χ2v) is 4.95. The van der Waals surface area contributed by atoms with Gasteiger partial charge >= 0.3 is 12.3 Å². The summed E-state index contributed by atoms with van der Waals surface area (Å²) in [4.78, 5) is 15.2. The summed E-state index contributed by atoms with van der Waals surface area (Å²) in [6.07, 6.45) is -3.98. The number of halogens is 5. The summed E-state index contributed by atoms with van der Waals surface area (Å²) in [5.74, 6) is -1.41. The molecule has 0 saturated carbocycles. The summed E-state index contributed by atoms with van der Waals surface area (Å²) in [6.45, 7) is 1.72. The Hall–Kier alpha value is -0.770. The maximum Gasteiger partial charge on any atom is 0.573 e. The zero-order valence-electron chi connectivity index (χ0n) is 10.3. The minimum absolute atomic E-state index is 0.126. The number of carbonyl (C=O) groups excluding carboxylic acids is 1. The van der Waals surface area contributed by atoms with E-state index in [4.69, 9.17) is 11.6 Å². The number of hydrogen-bond acceptors (Lipinski definition) is 4. The van der Waals surface area contributed by atoms with E-state index in [1.165, 1.54) is 6.20 Å². The number of esters is 1. The number of aromatic nitrogens is 1. The SMILES string of the molecule is CCOC(=O)Cc1ncc(I)c(CCl)c1OC(F)(F)F. The molecule has 1 aromatic heterocycles. The molecule has 0 amide bonds. The van der Waals surface area contributed by atoms with Gasteiger partial charge < -0.3 is 9.47 Å². The average molecular weight is 424 g/mol. The van der Waals surface area contributed by atoms with Crippen LogP contribution in [0.25, 0.3) is 0 Å². The molecule has 0 radical (unpaired) electrons. The Bertz CT molecular complexity index is 497. The molecule has 0 aromatic carbocycles. The van der Waals surface area contributed by atoms with Crippen LogP contribution in [0.2, 0.25) is 0 Å². The number of alkyl halides is 4. The Morgan fingerprint density at radius 2 is 2.15 bits per heavy atom. The number of pyridine rings is 1. The van der Waals surface area contributed by atoms with Crippen LogP contribution >= 0.6 is 34.2 Å². The van der Waals surface area contributed by atoms with E-state index >= 15 is 0 Å². The lowest BCUT2D eigenvalue weighted by atomic mass is 10.2. The third-order valence-corrected chi connectivity index (χ3v) is 3.32. The van der Waals surface area contributed by atoms with Crippen molar-refractivity contribution < 1.29 is 27.4 Å². The van der Waals surface area contributed by atoms with Gasteiger partial charge in [-0.2, -0.15) is 0 Å². The fraction of sp³-hybridized carbons (Fsp3) is 0.455. The fourth-order valence-corrected chi connectivity index (χ4v) is 2.45. The highest BCUT2D eigenvalue weighted by Gasteiger charge is 2.34. The number of rotatable bonds is 5. The lowest BCUT2D eigenvalue weighted by molar-refractivity contribution is -0.275. The van der Waals surface area contributed by atoms with Gasteiger partial charge in [-0.25, -0.2) is 0 Å². The van der Waals surface area contributed by atoms with Crippen molar-refractivity contribution in [3.8, 4) is 5.75 Å². The van der Waals surface area contributed by atoms with E-state index in [0.717, 1.165) is 0 Å². The van der Waals surface area contributed by atoms with E-state index in [-0.39, 0.29) is 23.7 Å². The van der Waals surface area contributed by atoms with Gasteiger partial charge in [-0.1, -0.05) is 0 Å². The normalized spacial score (nSPS) is 11.3. The van der Waals surface area contributed by atoms with Crippen molar-refractivity contribution in [2.45, 2.75) is 25.6 Å². The van der Waals surface area contributed by atoms with Crippen LogP contribution < -0.4 is 4.74 Å². The molecular weight excluding hydrogens is 413 g/mol. The smallest absolute Gasteiger partial charge is 0.466 e. The van der Waals surface area contributed by atoms with Crippen molar-refractivity contribution in [3.63, 3.8) is 0 Å². The molecule has 0 atom stereocenters. The van der Waals surface area contributed by atoms with Crippen molar-refractivity contribution in [2.75, 3.05) is 6.61 Å². The zero-order valence-corrected chi connectivity index (χ0v) is 13.2. The number of hydrogen-bond donors (Lipinski definition) is 0. The van der Waals surface area contributed by atoms with Gasteiger partial charge in [0.2, 0.25) is 0 Å². The summed E-state index contributed by atoms with van der Waals surface area (Å²) in [5, 5.41) is 0. The van der Waals surface area contributed by atoms with Gasteiger partial charge in [0.1, 0.15) is 0 Å².